The van der Waals surface area contributed by atoms with Crippen molar-refractivity contribution in [3.63, 3.8) is 0 Å². The van der Waals surface area contributed by atoms with Crippen LogP contribution < -0.4 is 0 Å². The Labute approximate surface area is 281 Å². The summed E-state index contributed by atoms with van der Waals surface area (Å²) in [5.74, 6) is -5.10. The molecule has 9 atom stereocenters. The SMILES string of the molecule is CCCCCCCCCCCCCCCC(=O)O[C@@H]1[C@@H](C)[C@@]2(O)[C@H]3C=C(C)C(=O)[C@]3(O)CC(CO)=C[C@H]2[C@@H]2[C@]1(OC(C)=O)[C@@]2(C)CO. The van der Waals surface area contributed by atoms with Crippen molar-refractivity contribution in [3.05, 3.63) is 23.3 Å². The second kappa shape index (κ2) is 15.2. The molecule has 9 nitrogen and oxygen atoms in total. The number of carbonyl (C=O) groups is 3. The van der Waals surface area contributed by atoms with Crippen LogP contribution in [0.2, 0.25) is 0 Å². The van der Waals surface area contributed by atoms with Crippen LogP contribution in [0.1, 0.15) is 131 Å². The number of fused-ring (bicyclic) bond motifs is 5. The molecule has 47 heavy (non-hydrogen) atoms. The summed E-state index contributed by atoms with van der Waals surface area (Å²) in [6.07, 6.45) is 17.5. The fourth-order valence-corrected chi connectivity index (χ4v) is 9.57. The quantitative estimate of drug-likeness (QED) is 0.0848. The van der Waals surface area contributed by atoms with Gasteiger partial charge in [0.15, 0.2) is 11.4 Å². The Morgan fingerprint density at radius 1 is 0.915 bits per heavy atom. The van der Waals surface area contributed by atoms with Crippen molar-refractivity contribution in [2.75, 3.05) is 13.2 Å². The van der Waals surface area contributed by atoms with Gasteiger partial charge in [-0.2, -0.15) is 0 Å². The van der Waals surface area contributed by atoms with E-state index in [1.807, 2.05) is 0 Å². The van der Waals surface area contributed by atoms with Gasteiger partial charge in [0, 0.05) is 48.9 Å². The zero-order valence-corrected chi connectivity index (χ0v) is 29.4. The number of Topliss-reactive ketones (excluding diaryl/α,β-unsaturated/α-hetero) is 1. The predicted octanol–water partition coefficient (Wildman–Crippen LogP) is 5.51. The van der Waals surface area contributed by atoms with Crippen molar-refractivity contribution in [1.29, 1.82) is 0 Å². The summed E-state index contributed by atoms with van der Waals surface area (Å²) in [6.45, 7) is 7.68. The summed E-state index contributed by atoms with van der Waals surface area (Å²) in [6, 6.07) is 0. The van der Waals surface area contributed by atoms with Crippen molar-refractivity contribution < 1.29 is 44.3 Å². The van der Waals surface area contributed by atoms with Crippen molar-refractivity contribution in [3.8, 4) is 0 Å². The highest BCUT2D eigenvalue weighted by Crippen LogP contribution is 2.77. The summed E-state index contributed by atoms with van der Waals surface area (Å²) >= 11 is 0. The van der Waals surface area contributed by atoms with Crippen LogP contribution in [0, 0.1) is 29.1 Å². The number of unbranched alkanes of at least 4 members (excludes halogenated alkanes) is 12. The first-order valence-corrected chi connectivity index (χ1v) is 18.3. The van der Waals surface area contributed by atoms with Crippen LogP contribution >= 0.6 is 0 Å². The van der Waals surface area contributed by atoms with Gasteiger partial charge in [0.25, 0.3) is 0 Å². The predicted molar refractivity (Wildman–Crippen MR) is 178 cm³/mol. The molecular formula is C38H60O9. The minimum Gasteiger partial charge on any atom is -0.458 e. The summed E-state index contributed by atoms with van der Waals surface area (Å²) < 4.78 is 12.2. The fraction of sp³-hybridized carbons (Fsp3) is 0.816. The van der Waals surface area contributed by atoms with Crippen LogP contribution in [0.15, 0.2) is 23.3 Å². The maximum Gasteiger partial charge on any atom is 0.306 e. The van der Waals surface area contributed by atoms with E-state index in [2.05, 4.69) is 6.92 Å². The van der Waals surface area contributed by atoms with E-state index in [1.165, 1.54) is 64.7 Å². The van der Waals surface area contributed by atoms with E-state index in [-0.39, 0.29) is 12.8 Å². The number of aliphatic hydroxyl groups excluding tert-OH is 2. The minimum absolute atomic E-state index is 0.166. The van der Waals surface area contributed by atoms with Crippen LogP contribution in [0.25, 0.3) is 0 Å². The van der Waals surface area contributed by atoms with Crippen LogP contribution in [0.3, 0.4) is 0 Å². The number of ether oxygens (including phenoxy) is 2. The Kier molecular flexibility index (Phi) is 12.2. The Hall–Kier alpha value is -2.07. The highest BCUT2D eigenvalue weighted by atomic mass is 16.6. The molecule has 0 aliphatic heterocycles. The Morgan fingerprint density at radius 3 is 1.98 bits per heavy atom. The Bertz CT molecular complexity index is 1210. The fourth-order valence-electron chi connectivity index (χ4n) is 9.57. The maximum absolute atomic E-state index is 13.4. The molecule has 0 amide bonds. The van der Waals surface area contributed by atoms with Crippen molar-refractivity contribution in [1.82, 2.24) is 0 Å². The molecule has 2 fully saturated rings. The number of hydrogen-bond donors (Lipinski definition) is 4. The molecule has 0 radical (unpaired) electrons. The maximum atomic E-state index is 13.4. The second-order valence-electron chi connectivity index (χ2n) is 15.3. The summed E-state index contributed by atoms with van der Waals surface area (Å²) in [7, 11) is 0. The third kappa shape index (κ3) is 6.75. The van der Waals surface area contributed by atoms with E-state index in [4.69, 9.17) is 9.47 Å². The third-order valence-corrected chi connectivity index (χ3v) is 12.1. The lowest BCUT2D eigenvalue weighted by molar-refractivity contribution is -0.228. The first kappa shape index (κ1) is 37.7. The number of ketones is 1. The van der Waals surface area contributed by atoms with Gasteiger partial charge in [-0.05, 0) is 24.5 Å². The van der Waals surface area contributed by atoms with E-state index in [0.29, 0.717) is 17.6 Å². The zero-order valence-electron chi connectivity index (χ0n) is 29.4. The molecule has 0 heterocycles. The molecule has 0 saturated heterocycles. The standard InChI is InChI=1S/C38H60O9/c1-6-7-8-9-10-11-12-13-14-15-16-17-18-19-31(42)46-34-26(3)37(45)29(32-35(5,24-40)38(32,34)47-27(4)41)21-28(23-39)22-36(44)30(37)20-25(2)33(36)43/h20-21,26,29-30,32,34,39-40,44-45H,6-19,22-24H2,1-5H3/t26-,29+,30+,32+,34-,35+,36+,37+,38-/m1/s1. The molecule has 4 rings (SSSR count). The molecule has 266 valence electrons. The Morgan fingerprint density at radius 2 is 1.47 bits per heavy atom. The van der Waals surface area contributed by atoms with Crippen LogP contribution in [-0.4, -0.2) is 74.3 Å². The molecule has 0 spiro atoms. The lowest BCUT2D eigenvalue weighted by atomic mass is 9.59. The molecule has 0 aromatic heterocycles. The Balaban J connectivity index is 1.46. The molecule has 4 N–H and O–H groups in total. The first-order valence-electron chi connectivity index (χ1n) is 18.3. The van der Waals surface area contributed by atoms with E-state index in [9.17, 15) is 34.8 Å². The molecule has 9 heteroatoms. The average Bonchev–Trinajstić information content (AvgIpc) is 3.51. The molecule has 2 saturated carbocycles. The number of esters is 2. The monoisotopic (exact) mass is 660 g/mol. The molecule has 4 aliphatic rings. The first-order chi connectivity index (χ1) is 22.3. The van der Waals surface area contributed by atoms with Crippen molar-refractivity contribution in [2.45, 2.75) is 154 Å². The lowest BCUT2D eigenvalue weighted by Gasteiger charge is -2.53. The van der Waals surface area contributed by atoms with E-state index >= 15 is 0 Å². The van der Waals surface area contributed by atoms with Gasteiger partial charge in [-0.3, -0.25) is 14.4 Å². The summed E-state index contributed by atoms with van der Waals surface area (Å²) in [5, 5.41) is 45.6. The van der Waals surface area contributed by atoms with E-state index < -0.39 is 82.9 Å². The summed E-state index contributed by atoms with van der Waals surface area (Å²) in [5.41, 5.74) is -5.65. The van der Waals surface area contributed by atoms with Gasteiger partial charge < -0.3 is 29.9 Å². The number of carbonyl (C=O) groups excluding carboxylic acids is 3. The van der Waals surface area contributed by atoms with Crippen LogP contribution in [0.4, 0.5) is 0 Å². The van der Waals surface area contributed by atoms with Gasteiger partial charge in [0.05, 0.1) is 18.8 Å². The lowest BCUT2D eigenvalue weighted by Crippen LogP contribution is -2.66. The average molecular weight is 661 g/mol. The zero-order chi connectivity index (χ0) is 34.6. The minimum atomic E-state index is -1.99. The molecule has 0 aromatic rings. The van der Waals surface area contributed by atoms with Gasteiger partial charge in [0.1, 0.15) is 11.7 Å². The largest absolute Gasteiger partial charge is 0.458 e. The number of hydrogen-bond acceptors (Lipinski definition) is 9. The van der Waals surface area contributed by atoms with Crippen molar-refractivity contribution >= 4 is 17.7 Å². The molecule has 0 aromatic carbocycles. The number of aliphatic hydroxyl groups is 4. The topological polar surface area (TPSA) is 151 Å². The van der Waals surface area contributed by atoms with Crippen LogP contribution in [0.5, 0.6) is 0 Å². The third-order valence-electron chi connectivity index (χ3n) is 12.1. The van der Waals surface area contributed by atoms with E-state index in [0.717, 1.165) is 19.3 Å². The van der Waals surface area contributed by atoms with Crippen molar-refractivity contribution in [2.24, 2.45) is 29.1 Å². The highest BCUT2D eigenvalue weighted by Gasteiger charge is 2.89. The normalized spacial score (nSPS) is 37.2. The number of rotatable bonds is 18. The molecular weight excluding hydrogens is 600 g/mol. The van der Waals surface area contributed by atoms with Gasteiger partial charge in [-0.1, -0.05) is 110 Å². The molecule has 4 aliphatic carbocycles. The second-order valence-corrected chi connectivity index (χ2v) is 15.3. The molecule has 0 unspecified atom stereocenters. The van der Waals surface area contributed by atoms with Gasteiger partial charge >= 0.3 is 11.9 Å². The highest BCUT2D eigenvalue weighted by molar-refractivity contribution is 6.04. The summed E-state index contributed by atoms with van der Waals surface area (Å²) in [4.78, 5) is 39.3. The van der Waals surface area contributed by atoms with Crippen LogP contribution in [-0.2, 0) is 23.9 Å². The van der Waals surface area contributed by atoms with E-state index in [1.54, 1.807) is 32.9 Å². The van der Waals surface area contributed by atoms with Gasteiger partial charge in [-0.15, -0.1) is 0 Å². The smallest absolute Gasteiger partial charge is 0.306 e. The van der Waals surface area contributed by atoms with Gasteiger partial charge in [0.2, 0.25) is 0 Å². The molecule has 0 bridgehead atoms. The van der Waals surface area contributed by atoms with Gasteiger partial charge in [-0.25, -0.2) is 0 Å².